The lowest BCUT2D eigenvalue weighted by atomic mass is 9.84. The molecule has 2 heteroatoms. The Balaban J connectivity index is 2.07. The van der Waals surface area contributed by atoms with Crippen LogP contribution in [-0.4, -0.2) is 13.1 Å². The van der Waals surface area contributed by atoms with Crippen molar-refractivity contribution in [2.75, 3.05) is 7.11 Å². The van der Waals surface area contributed by atoms with Crippen LogP contribution in [0.15, 0.2) is 24.3 Å². The van der Waals surface area contributed by atoms with Crippen molar-refractivity contribution in [1.82, 2.24) is 0 Å². The highest BCUT2D eigenvalue weighted by molar-refractivity contribution is 5.91. The summed E-state index contributed by atoms with van der Waals surface area (Å²) in [5.74, 6) is -0.246. The highest BCUT2D eigenvalue weighted by Crippen LogP contribution is 2.53. The summed E-state index contributed by atoms with van der Waals surface area (Å²) in [6.07, 6.45) is 5.82. The molecule has 0 radical (unpaired) electrons. The molecule has 0 fully saturated rings. The summed E-state index contributed by atoms with van der Waals surface area (Å²) < 4.78 is 4.76. The molecule has 0 saturated carbocycles. The fraction of sp³-hybridized carbons (Fsp3) is 0.400. The van der Waals surface area contributed by atoms with Gasteiger partial charge in [-0.25, -0.2) is 4.79 Å². The molecule has 1 atom stereocenters. The van der Waals surface area contributed by atoms with E-state index in [9.17, 15) is 4.79 Å². The van der Waals surface area contributed by atoms with Crippen LogP contribution >= 0.6 is 0 Å². The third kappa shape index (κ3) is 1.43. The second-order valence-electron chi connectivity index (χ2n) is 5.26. The van der Waals surface area contributed by atoms with Gasteiger partial charge in [0.1, 0.15) is 0 Å². The quantitative estimate of drug-likeness (QED) is 0.690. The molecule has 0 heterocycles. The SMILES string of the molecule is COC(=O)c1ccc2c(c1)CC1(C)CCC=C21. The molecule has 0 N–H and O–H groups in total. The molecule has 2 aliphatic rings. The molecule has 17 heavy (non-hydrogen) atoms. The average Bonchev–Trinajstić information content (AvgIpc) is 2.80. The Kier molecular flexibility index (Phi) is 2.15. The van der Waals surface area contributed by atoms with E-state index >= 15 is 0 Å². The van der Waals surface area contributed by atoms with Gasteiger partial charge < -0.3 is 4.74 Å². The van der Waals surface area contributed by atoms with Gasteiger partial charge in [0.2, 0.25) is 0 Å². The molecule has 0 aliphatic heterocycles. The average molecular weight is 228 g/mol. The number of fused-ring (bicyclic) bond motifs is 3. The first-order chi connectivity index (χ1) is 8.14. The van der Waals surface area contributed by atoms with Crippen molar-refractivity contribution in [3.8, 4) is 0 Å². The first kappa shape index (κ1) is 10.6. The molecule has 0 amide bonds. The zero-order valence-electron chi connectivity index (χ0n) is 10.2. The zero-order chi connectivity index (χ0) is 12.0. The van der Waals surface area contributed by atoms with E-state index in [1.165, 1.54) is 36.7 Å². The summed E-state index contributed by atoms with van der Waals surface area (Å²) >= 11 is 0. The molecular formula is C15H16O2. The van der Waals surface area contributed by atoms with Crippen LogP contribution in [0.3, 0.4) is 0 Å². The highest BCUT2D eigenvalue weighted by Gasteiger charge is 2.40. The predicted octanol–water partition coefficient (Wildman–Crippen LogP) is 3.21. The number of carbonyl (C=O) groups is 1. The van der Waals surface area contributed by atoms with Crippen LogP contribution < -0.4 is 0 Å². The van der Waals surface area contributed by atoms with Crippen LogP contribution in [-0.2, 0) is 11.2 Å². The van der Waals surface area contributed by atoms with E-state index in [-0.39, 0.29) is 5.97 Å². The maximum Gasteiger partial charge on any atom is 0.337 e. The second-order valence-corrected chi connectivity index (χ2v) is 5.26. The van der Waals surface area contributed by atoms with Gasteiger partial charge in [-0.15, -0.1) is 0 Å². The number of rotatable bonds is 1. The number of benzene rings is 1. The normalized spacial score (nSPS) is 25.2. The standard InChI is InChI=1S/C15H16O2/c1-15-7-3-4-13(15)12-6-5-10(14(16)17-2)8-11(12)9-15/h4-6,8H,3,7,9H2,1-2H3. The molecule has 0 bridgehead atoms. The molecule has 1 unspecified atom stereocenters. The lowest BCUT2D eigenvalue weighted by molar-refractivity contribution is 0.0600. The molecule has 3 rings (SSSR count). The summed E-state index contributed by atoms with van der Waals surface area (Å²) in [6, 6.07) is 5.94. The van der Waals surface area contributed by atoms with Gasteiger partial charge in [0.05, 0.1) is 12.7 Å². The summed E-state index contributed by atoms with van der Waals surface area (Å²) in [5, 5.41) is 0. The van der Waals surface area contributed by atoms with Gasteiger partial charge in [-0.2, -0.15) is 0 Å². The van der Waals surface area contributed by atoms with Gasteiger partial charge in [-0.05, 0) is 53.5 Å². The van der Waals surface area contributed by atoms with Crippen molar-refractivity contribution in [2.24, 2.45) is 5.41 Å². The predicted molar refractivity (Wildman–Crippen MR) is 66.8 cm³/mol. The maximum absolute atomic E-state index is 11.5. The molecule has 88 valence electrons. The largest absolute Gasteiger partial charge is 0.465 e. The van der Waals surface area contributed by atoms with Crippen molar-refractivity contribution in [3.63, 3.8) is 0 Å². The summed E-state index contributed by atoms with van der Waals surface area (Å²) in [7, 11) is 1.42. The topological polar surface area (TPSA) is 26.3 Å². The Morgan fingerprint density at radius 1 is 1.41 bits per heavy atom. The molecule has 1 aromatic rings. The Labute approximate surface area is 101 Å². The van der Waals surface area contributed by atoms with Crippen molar-refractivity contribution in [2.45, 2.75) is 26.2 Å². The van der Waals surface area contributed by atoms with Gasteiger partial charge in [0.15, 0.2) is 0 Å². The summed E-state index contributed by atoms with van der Waals surface area (Å²) in [5.41, 5.74) is 5.07. The number of ether oxygens (including phenoxy) is 1. The van der Waals surface area contributed by atoms with Gasteiger partial charge in [0.25, 0.3) is 0 Å². The number of hydrogen-bond acceptors (Lipinski definition) is 2. The minimum Gasteiger partial charge on any atom is -0.465 e. The zero-order valence-corrected chi connectivity index (χ0v) is 10.2. The third-order valence-corrected chi connectivity index (χ3v) is 4.09. The lowest BCUT2D eigenvalue weighted by Crippen LogP contribution is -2.10. The number of carbonyl (C=O) groups excluding carboxylic acids is 1. The third-order valence-electron chi connectivity index (χ3n) is 4.09. The summed E-state index contributed by atoms with van der Waals surface area (Å²) in [4.78, 5) is 11.5. The first-order valence-electron chi connectivity index (χ1n) is 6.06. The molecule has 0 saturated heterocycles. The van der Waals surface area contributed by atoms with Gasteiger partial charge >= 0.3 is 5.97 Å². The van der Waals surface area contributed by atoms with Crippen LogP contribution in [0.25, 0.3) is 5.57 Å². The Hall–Kier alpha value is -1.57. The van der Waals surface area contributed by atoms with Crippen molar-refractivity contribution < 1.29 is 9.53 Å². The minimum atomic E-state index is -0.246. The smallest absolute Gasteiger partial charge is 0.337 e. The number of esters is 1. The fourth-order valence-electron chi connectivity index (χ4n) is 3.20. The lowest BCUT2D eigenvalue weighted by Gasteiger charge is -2.19. The van der Waals surface area contributed by atoms with Crippen molar-refractivity contribution in [3.05, 3.63) is 41.0 Å². The molecule has 0 spiro atoms. The molecule has 2 aliphatic carbocycles. The van der Waals surface area contributed by atoms with Gasteiger partial charge in [-0.1, -0.05) is 19.1 Å². The van der Waals surface area contributed by atoms with E-state index in [1.807, 2.05) is 12.1 Å². The number of methoxy groups -OCH3 is 1. The van der Waals surface area contributed by atoms with E-state index in [1.54, 1.807) is 0 Å². The molecular weight excluding hydrogens is 212 g/mol. The Bertz CT molecular complexity index is 528. The van der Waals surface area contributed by atoms with E-state index in [0.717, 1.165) is 6.42 Å². The molecule has 2 nitrogen and oxygen atoms in total. The van der Waals surface area contributed by atoms with E-state index in [2.05, 4.69) is 19.1 Å². The Morgan fingerprint density at radius 2 is 2.24 bits per heavy atom. The molecule has 0 aromatic heterocycles. The van der Waals surface area contributed by atoms with Crippen LogP contribution in [0.5, 0.6) is 0 Å². The maximum atomic E-state index is 11.5. The van der Waals surface area contributed by atoms with Crippen LogP contribution in [0.4, 0.5) is 0 Å². The molecule has 1 aromatic carbocycles. The highest BCUT2D eigenvalue weighted by atomic mass is 16.5. The Morgan fingerprint density at radius 3 is 3.00 bits per heavy atom. The van der Waals surface area contributed by atoms with Gasteiger partial charge in [-0.3, -0.25) is 0 Å². The first-order valence-corrected chi connectivity index (χ1v) is 6.06. The van der Waals surface area contributed by atoms with Crippen LogP contribution in [0.2, 0.25) is 0 Å². The van der Waals surface area contributed by atoms with E-state index < -0.39 is 0 Å². The van der Waals surface area contributed by atoms with E-state index in [4.69, 9.17) is 4.74 Å². The monoisotopic (exact) mass is 228 g/mol. The minimum absolute atomic E-state index is 0.246. The van der Waals surface area contributed by atoms with Gasteiger partial charge in [0, 0.05) is 0 Å². The van der Waals surface area contributed by atoms with Crippen LogP contribution in [0.1, 0.15) is 41.3 Å². The van der Waals surface area contributed by atoms with Crippen LogP contribution in [0, 0.1) is 5.41 Å². The fourth-order valence-corrected chi connectivity index (χ4v) is 3.20. The van der Waals surface area contributed by atoms with Crippen molar-refractivity contribution >= 4 is 11.5 Å². The number of allylic oxidation sites excluding steroid dienone is 2. The van der Waals surface area contributed by atoms with Crippen molar-refractivity contribution in [1.29, 1.82) is 0 Å². The number of hydrogen-bond donors (Lipinski definition) is 0. The van der Waals surface area contributed by atoms with E-state index in [0.29, 0.717) is 11.0 Å². The summed E-state index contributed by atoms with van der Waals surface area (Å²) in [6.45, 7) is 2.32. The second kappa shape index (κ2) is 3.46.